The van der Waals surface area contributed by atoms with Crippen LogP contribution in [0, 0.1) is 5.41 Å². The number of carbonyl (C=O) groups is 2. The van der Waals surface area contributed by atoms with E-state index in [1.165, 1.54) is 0 Å². The molecule has 0 amide bonds. The predicted molar refractivity (Wildman–Crippen MR) is 41.1 cm³/mol. The summed E-state index contributed by atoms with van der Waals surface area (Å²) in [5.41, 5.74) is -0.469. The molecule has 0 aromatic carbocycles. The zero-order valence-corrected chi connectivity index (χ0v) is 7.22. The van der Waals surface area contributed by atoms with Crippen LogP contribution in [0.2, 0.25) is 0 Å². The van der Waals surface area contributed by atoms with E-state index in [2.05, 4.69) is 4.74 Å². The lowest BCUT2D eigenvalue weighted by Gasteiger charge is -2.18. The Hall–Kier alpha value is -0.860. The van der Waals surface area contributed by atoms with Gasteiger partial charge in [-0.05, 0) is 20.3 Å². The third kappa shape index (κ3) is 3.16. The van der Waals surface area contributed by atoms with E-state index in [0.717, 1.165) is 0 Å². The minimum absolute atomic E-state index is 0.137. The zero-order chi connectivity index (χ0) is 8.91. The van der Waals surface area contributed by atoms with Crippen LogP contribution in [0.4, 0.5) is 0 Å². The third-order valence-corrected chi connectivity index (χ3v) is 1.72. The van der Waals surface area contributed by atoms with Crippen molar-refractivity contribution in [2.24, 2.45) is 5.41 Å². The minimum Gasteiger partial charge on any atom is -0.458 e. The molecule has 0 atom stereocenters. The Labute approximate surface area is 66.7 Å². The summed E-state index contributed by atoms with van der Waals surface area (Å²) in [6.45, 7) is 5.35. The number of hydrogen-bond acceptors (Lipinski definition) is 3. The lowest BCUT2D eigenvalue weighted by molar-refractivity contribution is -0.155. The number of ether oxygens (including phenoxy) is 1. The Morgan fingerprint density at radius 1 is 1.55 bits per heavy atom. The molecule has 0 radical (unpaired) electrons. The van der Waals surface area contributed by atoms with Gasteiger partial charge in [-0.2, -0.15) is 0 Å². The molecular weight excluding hydrogens is 144 g/mol. The van der Waals surface area contributed by atoms with Crippen LogP contribution in [0.1, 0.15) is 27.2 Å². The van der Waals surface area contributed by atoms with Crippen molar-refractivity contribution in [1.29, 1.82) is 0 Å². The van der Waals surface area contributed by atoms with Gasteiger partial charge in [0.05, 0.1) is 5.41 Å². The summed E-state index contributed by atoms with van der Waals surface area (Å²) in [5, 5.41) is 0. The summed E-state index contributed by atoms with van der Waals surface area (Å²) in [6.07, 6.45) is 1.29. The molecule has 0 saturated carbocycles. The fraction of sp³-hybridized carbons (Fsp3) is 0.750. The molecule has 0 N–H and O–H groups in total. The topological polar surface area (TPSA) is 43.4 Å². The lowest BCUT2D eigenvalue weighted by Crippen LogP contribution is -2.26. The first-order chi connectivity index (χ1) is 5.04. The maximum atomic E-state index is 11.1. The molecule has 3 heteroatoms. The third-order valence-electron chi connectivity index (χ3n) is 1.72. The van der Waals surface area contributed by atoms with Gasteiger partial charge in [0.25, 0.3) is 0 Å². The molecule has 3 nitrogen and oxygen atoms in total. The normalized spacial score (nSPS) is 10.8. The van der Waals surface area contributed by atoms with E-state index in [1.807, 2.05) is 6.92 Å². The monoisotopic (exact) mass is 158 g/mol. The first kappa shape index (κ1) is 10.1. The lowest BCUT2D eigenvalue weighted by atomic mass is 9.91. The van der Waals surface area contributed by atoms with Crippen LogP contribution in [0.3, 0.4) is 0 Å². The van der Waals surface area contributed by atoms with E-state index in [0.29, 0.717) is 12.7 Å². The van der Waals surface area contributed by atoms with Crippen molar-refractivity contribution in [1.82, 2.24) is 0 Å². The second kappa shape index (κ2) is 4.11. The van der Waals surface area contributed by atoms with Crippen LogP contribution in [-0.2, 0) is 14.3 Å². The highest BCUT2D eigenvalue weighted by Gasteiger charge is 2.26. The van der Waals surface area contributed by atoms with Crippen molar-refractivity contribution in [3.05, 3.63) is 0 Å². The molecule has 0 heterocycles. The molecule has 0 fully saturated rings. The van der Waals surface area contributed by atoms with Gasteiger partial charge in [-0.15, -0.1) is 0 Å². The molecule has 0 aromatic heterocycles. The molecule has 0 aliphatic carbocycles. The van der Waals surface area contributed by atoms with Crippen LogP contribution >= 0.6 is 0 Å². The maximum absolute atomic E-state index is 11.1. The fourth-order valence-corrected chi connectivity index (χ4v) is 0.449. The van der Waals surface area contributed by atoms with Crippen LogP contribution < -0.4 is 0 Å². The van der Waals surface area contributed by atoms with Crippen molar-refractivity contribution in [3.63, 3.8) is 0 Å². The largest absolute Gasteiger partial charge is 0.458 e. The summed E-state index contributed by atoms with van der Waals surface area (Å²) < 4.78 is 4.64. The molecule has 0 spiro atoms. The number of esters is 1. The van der Waals surface area contributed by atoms with Crippen LogP contribution in [0.25, 0.3) is 0 Å². The molecule has 0 aromatic rings. The van der Waals surface area contributed by atoms with Gasteiger partial charge >= 0.3 is 5.97 Å². The summed E-state index contributed by atoms with van der Waals surface area (Å²) in [4.78, 5) is 20.9. The number of aldehydes is 1. The van der Waals surface area contributed by atoms with Crippen molar-refractivity contribution in [3.8, 4) is 0 Å². The SMILES string of the molecule is CCC(C)(C)C(=O)OCC=O. The van der Waals surface area contributed by atoms with Crippen molar-refractivity contribution in [2.45, 2.75) is 27.2 Å². The smallest absolute Gasteiger partial charge is 0.311 e. The highest BCUT2D eigenvalue weighted by Crippen LogP contribution is 2.20. The molecule has 0 aliphatic heterocycles. The summed E-state index contributed by atoms with van der Waals surface area (Å²) >= 11 is 0. The molecule has 0 saturated heterocycles. The van der Waals surface area contributed by atoms with Gasteiger partial charge < -0.3 is 4.74 Å². The average Bonchev–Trinajstić information content (AvgIpc) is 2.00. The van der Waals surface area contributed by atoms with Gasteiger partial charge in [-0.3, -0.25) is 9.59 Å². The minimum atomic E-state index is -0.469. The van der Waals surface area contributed by atoms with Crippen LogP contribution in [0.5, 0.6) is 0 Å². The number of carbonyl (C=O) groups excluding carboxylic acids is 2. The molecule has 0 bridgehead atoms. The Kier molecular flexibility index (Phi) is 3.79. The predicted octanol–water partition coefficient (Wildman–Crippen LogP) is 1.16. The Balaban J connectivity index is 3.91. The zero-order valence-electron chi connectivity index (χ0n) is 7.22. The Morgan fingerprint density at radius 3 is 2.45 bits per heavy atom. The first-order valence-corrected chi connectivity index (χ1v) is 3.65. The summed E-state index contributed by atoms with van der Waals surface area (Å²) in [7, 11) is 0. The van der Waals surface area contributed by atoms with E-state index >= 15 is 0 Å². The van der Waals surface area contributed by atoms with Crippen molar-refractivity contribution in [2.75, 3.05) is 6.61 Å². The van der Waals surface area contributed by atoms with Gasteiger partial charge in [0.2, 0.25) is 0 Å². The average molecular weight is 158 g/mol. The van der Waals surface area contributed by atoms with E-state index in [-0.39, 0.29) is 12.6 Å². The van der Waals surface area contributed by atoms with Gasteiger partial charge in [0.15, 0.2) is 6.29 Å². The number of rotatable bonds is 4. The van der Waals surface area contributed by atoms with Gasteiger partial charge in [0, 0.05) is 0 Å². The van der Waals surface area contributed by atoms with Crippen molar-refractivity contribution < 1.29 is 14.3 Å². The highest BCUT2D eigenvalue weighted by atomic mass is 16.5. The van der Waals surface area contributed by atoms with E-state index < -0.39 is 5.41 Å². The molecule has 11 heavy (non-hydrogen) atoms. The molecule has 0 rings (SSSR count). The van der Waals surface area contributed by atoms with E-state index in [9.17, 15) is 9.59 Å². The Bertz CT molecular complexity index is 149. The van der Waals surface area contributed by atoms with Gasteiger partial charge in [-0.1, -0.05) is 6.92 Å². The van der Waals surface area contributed by atoms with E-state index in [4.69, 9.17) is 0 Å². The molecule has 0 aliphatic rings. The van der Waals surface area contributed by atoms with Gasteiger partial charge in [0.1, 0.15) is 6.61 Å². The Morgan fingerprint density at radius 2 is 2.09 bits per heavy atom. The molecule has 0 unspecified atom stereocenters. The fourth-order valence-electron chi connectivity index (χ4n) is 0.449. The second-order valence-electron chi connectivity index (χ2n) is 3.00. The second-order valence-corrected chi connectivity index (χ2v) is 3.00. The van der Waals surface area contributed by atoms with Crippen LogP contribution in [-0.4, -0.2) is 18.9 Å². The first-order valence-electron chi connectivity index (χ1n) is 3.65. The summed E-state index contributed by atoms with van der Waals surface area (Å²) in [5.74, 6) is -0.313. The summed E-state index contributed by atoms with van der Waals surface area (Å²) in [6, 6.07) is 0. The standard InChI is InChI=1S/C8H14O3/c1-4-8(2,3)7(10)11-6-5-9/h5H,4,6H2,1-3H3. The highest BCUT2D eigenvalue weighted by molar-refractivity contribution is 5.77. The maximum Gasteiger partial charge on any atom is 0.311 e. The molecular formula is C8H14O3. The van der Waals surface area contributed by atoms with Crippen molar-refractivity contribution >= 4 is 12.3 Å². The van der Waals surface area contributed by atoms with E-state index in [1.54, 1.807) is 13.8 Å². The number of hydrogen-bond donors (Lipinski definition) is 0. The van der Waals surface area contributed by atoms with Gasteiger partial charge in [-0.25, -0.2) is 0 Å². The molecule has 64 valence electrons. The quantitative estimate of drug-likeness (QED) is 0.455. The van der Waals surface area contributed by atoms with Crippen LogP contribution in [0.15, 0.2) is 0 Å².